The second-order valence-electron chi connectivity index (χ2n) is 4.85. The molecule has 8 heteroatoms. The summed E-state index contributed by atoms with van der Waals surface area (Å²) in [6, 6.07) is 9.31. The number of furan rings is 1. The Morgan fingerprint density at radius 2 is 2.17 bits per heavy atom. The first-order valence-electron chi connectivity index (χ1n) is 6.91. The van der Waals surface area contributed by atoms with Crippen LogP contribution in [-0.2, 0) is 11.3 Å². The highest BCUT2D eigenvalue weighted by Crippen LogP contribution is 2.27. The standard InChI is InChI=1S/C16H9FN2O4S/c17-10-3-4-12-9(6-10)7-13(24-12)16(20)22-8-14-18-19-15(23-14)11-2-1-5-21-11/h1-7H,8H2. The number of ether oxygens (including phenoxy) is 1. The minimum atomic E-state index is -0.533. The fourth-order valence-corrected chi connectivity index (χ4v) is 3.06. The predicted octanol–water partition coefficient (Wildman–Crippen LogP) is 4.04. The van der Waals surface area contributed by atoms with E-state index in [-0.39, 0.29) is 24.2 Å². The van der Waals surface area contributed by atoms with Crippen LogP contribution in [0.3, 0.4) is 0 Å². The van der Waals surface area contributed by atoms with Crippen LogP contribution in [-0.4, -0.2) is 16.2 Å². The second-order valence-corrected chi connectivity index (χ2v) is 5.93. The molecule has 0 unspecified atom stereocenters. The number of carbonyl (C=O) groups is 1. The number of carbonyl (C=O) groups excluding carboxylic acids is 1. The number of fused-ring (bicyclic) bond motifs is 1. The van der Waals surface area contributed by atoms with Gasteiger partial charge in [0, 0.05) is 4.70 Å². The Bertz CT molecular complexity index is 1010. The average Bonchev–Trinajstić information content (AvgIpc) is 3.30. The van der Waals surface area contributed by atoms with Crippen LogP contribution in [0.5, 0.6) is 0 Å². The lowest BCUT2D eigenvalue weighted by atomic mass is 10.2. The maximum atomic E-state index is 13.2. The minimum absolute atomic E-state index is 0.155. The lowest BCUT2D eigenvalue weighted by Crippen LogP contribution is -2.03. The minimum Gasteiger partial charge on any atom is -0.459 e. The van der Waals surface area contributed by atoms with Crippen molar-refractivity contribution in [1.29, 1.82) is 0 Å². The molecular weight excluding hydrogens is 335 g/mol. The Balaban J connectivity index is 1.46. The molecule has 0 radical (unpaired) electrons. The Morgan fingerprint density at radius 1 is 1.25 bits per heavy atom. The topological polar surface area (TPSA) is 78.4 Å². The quantitative estimate of drug-likeness (QED) is 0.520. The molecule has 24 heavy (non-hydrogen) atoms. The van der Waals surface area contributed by atoms with Gasteiger partial charge in [-0.2, -0.15) is 0 Å². The zero-order valence-electron chi connectivity index (χ0n) is 12.1. The molecule has 0 saturated heterocycles. The molecule has 6 nitrogen and oxygen atoms in total. The molecule has 4 aromatic rings. The maximum absolute atomic E-state index is 13.2. The van der Waals surface area contributed by atoms with Crippen LogP contribution in [0.15, 0.2) is 51.5 Å². The van der Waals surface area contributed by atoms with Gasteiger partial charge in [0.25, 0.3) is 11.8 Å². The van der Waals surface area contributed by atoms with Gasteiger partial charge in [-0.3, -0.25) is 0 Å². The molecule has 0 N–H and O–H groups in total. The highest BCUT2D eigenvalue weighted by Gasteiger charge is 2.15. The monoisotopic (exact) mass is 344 g/mol. The van der Waals surface area contributed by atoms with E-state index in [1.807, 2.05) is 0 Å². The van der Waals surface area contributed by atoms with Crippen molar-refractivity contribution in [2.45, 2.75) is 6.61 Å². The Morgan fingerprint density at radius 3 is 3.00 bits per heavy atom. The van der Waals surface area contributed by atoms with Crippen molar-refractivity contribution in [2.24, 2.45) is 0 Å². The summed E-state index contributed by atoms with van der Waals surface area (Å²) < 4.78 is 29.6. The number of nitrogens with zero attached hydrogens (tertiary/aromatic N) is 2. The van der Waals surface area contributed by atoms with Crippen LogP contribution in [0, 0.1) is 5.82 Å². The molecule has 0 aliphatic carbocycles. The van der Waals surface area contributed by atoms with Crippen LogP contribution < -0.4 is 0 Å². The third kappa shape index (κ3) is 2.79. The van der Waals surface area contributed by atoms with E-state index in [0.29, 0.717) is 16.0 Å². The van der Waals surface area contributed by atoms with E-state index < -0.39 is 5.97 Å². The van der Waals surface area contributed by atoms with Gasteiger partial charge in [-0.25, -0.2) is 9.18 Å². The molecule has 0 amide bonds. The number of hydrogen-bond donors (Lipinski definition) is 0. The van der Waals surface area contributed by atoms with Gasteiger partial charge in [0.05, 0.1) is 6.26 Å². The molecule has 0 fully saturated rings. The lowest BCUT2D eigenvalue weighted by molar-refractivity contribution is 0.0444. The molecular formula is C16H9FN2O4S. The van der Waals surface area contributed by atoms with E-state index in [2.05, 4.69) is 10.2 Å². The highest BCUT2D eigenvalue weighted by molar-refractivity contribution is 7.20. The number of hydrogen-bond acceptors (Lipinski definition) is 7. The number of benzene rings is 1. The van der Waals surface area contributed by atoms with Gasteiger partial charge in [-0.1, -0.05) is 0 Å². The molecule has 1 aromatic carbocycles. The Hall–Kier alpha value is -3.00. The molecule has 0 spiro atoms. The first kappa shape index (κ1) is 14.6. The zero-order valence-corrected chi connectivity index (χ0v) is 12.9. The van der Waals surface area contributed by atoms with Crippen LogP contribution in [0.4, 0.5) is 4.39 Å². The third-order valence-corrected chi connectivity index (χ3v) is 4.30. The highest BCUT2D eigenvalue weighted by atomic mass is 32.1. The number of esters is 1. The van der Waals surface area contributed by atoms with E-state index in [4.69, 9.17) is 13.6 Å². The van der Waals surface area contributed by atoms with Crippen molar-refractivity contribution in [3.63, 3.8) is 0 Å². The fourth-order valence-electron chi connectivity index (χ4n) is 2.12. The smallest absolute Gasteiger partial charge is 0.348 e. The molecule has 4 rings (SSSR count). The van der Waals surface area contributed by atoms with Gasteiger partial charge in [0.15, 0.2) is 12.4 Å². The predicted molar refractivity (Wildman–Crippen MR) is 82.9 cm³/mol. The molecule has 3 heterocycles. The summed E-state index contributed by atoms with van der Waals surface area (Å²) in [4.78, 5) is 12.5. The zero-order chi connectivity index (χ0) is 16.5. The first-order chi connectivity index (χ1) is 11.7. The fraction of sp³-hybridized carbons (Fsp3) is 0.0625. The van der Waals surface area contributed by atoms with Gasteiger partial charge >= 0.3 is 5.97 Å². The third-order valence-electron chi connectivity index (χ3n) is 3.21. The SMILES string of the molecule is O=C(OCc1nnc(-c2ccco2)o1)c1cc2cc(F)ccc2s1. The van der Waals surface area contributed by atoms with Gasteiger partial charge < -0.3 is 13.6 Å². The van der Waals surface area contributed by atoms with Crippen LogP contribution in [0.2, 0.25) is 0 Å². The lowest BCUT2D eigenvalue weighted by Gasteiger charge is -1.98. The molecule has 0 bridgehead atoms. The van der Waals surface area contributed by atoms with Crippen LogP contribution in [0.25, 0.3) is 21.7 Å². The van der Waals surface area contributed by atoms with Crippen molar-refractivity contribution in [3.8, 4) is 11.7 Å². The molecule has 0 saturated carbocycles. The van der Waals surface area contributed by atoms with Crippen molar-refractivity contribution < 1.29 is 22.8 Å². The van der Waals surface area contributed by atoms with Gasteiger partial charge in [0.2, 0.25) is 0 Å². The van der Waals surface area contributed by atoms with Crippen molar-refractivity contribution in [3.05, 3.63) is 59.2 Å². The molecule has 0 aliphatic heterocycles. The van der Waals surface area contributed by atoms with Crippen molar-refractivity contribution >= 4 is 27.4 Å². The normalized spacial score (nSPS) is 11.0. The summed E-state index contributed by atoms with van der Waals surface area (Å²) in [5.74, 6) is -0.0807. The van der Waals surface area contributed by atoms with Crippen LogP contribution >= 0.6 is 11.3 Å². The summed E-state index contributed by atoms with van der Waals surface area (Å²) in [5, 5.41) is 8.26. The summed E-state index contributed by atoms with van der Waals surface area (Å²) in [6.07, 6.45) is 1.49. The number of aromatic nitrogens is 2. The number of rotatable bonds is 4. The Labute approximate surface area is 138 Å². The summed E-state index contributed by atoms with van der Waals surface area (Å²) in [7, 11) is 0. The molecule has 3 aromatic heterocycles. The average molecular weight is 344 g/mol. The van der Waals surface area contributed by atoms with Crippen molar-refractivity contribution in [1.82, 2.24) is 10.2 Å². The maximum Gasteiger partial charge on any atom is 0.348 e. The number of thiophene rings is 1. The van der Waals surface area contributed by atoms with Gasteiger partial charge in [0.1, 0.15) is 10.7 Å². The summed E-state index contributed by atoms with van der Waals surface area (Å²) in [5.41, 5.74) is 0. The Kier molecular flexibility index (Phi) is 3.58. The molecule has 0 aliphatic rings. The summed E-state index contributed by atoms with van der Waals surface area (Å²) in [6.45, 7) is -0.158. The van der Waals surface area contributed by atoms with Gasteiger partial charge in [-0.15, -0.1) is 21.5 Å². The number of halogens is 1. The van der Waals surface area contributed by atoms with Crippen molar-refractivity contribution in [2.75, 3.05) is 0 Å². The van der Waals surface area contributed by atoms with E-state index in [9.17, 15) is 9.18 Å². The van der Waals surface area contributed by atoms with Crippen LogP contribution in [0.1, 0.15) is 15.6 Å². The molecule has 0 atom stereocenters. The van der Waals surface area contributed by atoms with E-state index in [1.165, 1.54) is 29.7 Å². The summed E-state index contributed by atoms with van der Waals surface area (Å²) >= 11 is 1.23. The van der Waals surface area contributed by atoms with E-state index in [1.54, 1.807) is 24.3 Å². The van der Waals surface area contributed by atoms with E-state index >= 15 is 0 Å². The van der Waals surface area contributed by atoms with E-state index in [0.717, 1.165) is 4.70 Å². The molecule has 120 valence electrons. The first-order valence-corrected chi connectivity index (χ1v) is 7.73. The largest absolute Gasteiger partial charge is 0.459 e. The second kappa shape index (κ2) is 5.89. The van der Waals surface area contributed by atoms with Gasteiger partial charge in [-0.05, 0) is 41.8 Å².